The van der Waals surface area contributed by atoms with E-state index in [0.717, 1.165) is 16.1 Å². The lowest BCUT2D eigenvalue weighted by atomic mass is 10.2. The van der Waals surface area contributed by atoms with Crippen molar-refractivity contribution in [1.29, 1.82) is 0 Å². The topological polar surface area (TPSA) is 75.7 Å². The monoisotopic (exact) mass is 444 g/mol. The standard InChI is InChI=1S/C19H22Cl2N2O4S/c1-13-7-8-17(12-18(13)21)27-10-9-22-19(24)14(2)23(28(3,25)26)16-6-4-5-15(20)11-16/h4-8,11-12,14H,9-10H2,1-3H3,(H,22,24)/t14-/m1/s1. The Balaban J connectivity index is 1.98. The van der Waals surface area contributed by atoms with Gasteiger partial charge in [-0.2, -0.15) is 0 Å². The van der Waals surface area contributed by atoms with Crippen molar-refractivity contribution < 1.29 is 17.9 Å². The van der Waals surface area contributed by atoms with Gasteiger partial charge in [0.2, 0.25) is 15.9 Å². The van der Waals surface area contributed by atoms with Gasteiger partial charge >= 0.3 is 0 Å². The van der Waals surface area contributed by atoms with Crippen LogP contribution in [0.5, 0.6) is 5.75 Å². The van der Waals surface area contributed by atoms with Crippen LogP contribution in [-0.2, 0) is 14.8 Å². The number of halogens is 2. The molecule has 2 rings (SSSR count). The summed E-state index contributed by atoms with van der Waals surface area (Å²) in [6, 6.07) is 10.7. The molecule has 0 saturated carbocycles. The smallest absolute Gasteiger partial charge is 0.243 e. The molecule has 0 aliphatic rings. The molecule has 0 fully saturated rings. The van der Waals surface area contributed by atoms with Gasteiger partial charge in [0.25, 0.3) is 0 Å². The number of hydrogen-bond acceptors (Lipinski definition) is 4. The summed E-state index contributed by atoms with van der Waals surface area (Å²) >= 11 is 12.0. The van der Waals surface area contributed by atoms with Crippen LogP contribution in [-0.4, -0.2) is 39.8 Å². The van der Waals surface area contributed by atoms with Gasteiger partial charge in [0.1, 0.15) is 18.4 Å². The molecule has 1 atom stereocenters. The van der Waals surface area contributed by atoms with E-state index >= 15 is 0 Å². The van der Waals surface area contributed by atoms with Crippen LogP contribution in [0.4, 0.5) is 5.69 Å². The predicted molar refractivity (Wildman–Crippen MR) is 113 cm³/mol. The van der Waals surface area contributed by atoms with Crippen LogP contribution in [0.25, 0.3) is 0 Å². The first-order valence-electron chi connectivity index (χ1n) is 8.51. The van der Waals surface area contributed by atoms with E-state index in [1.54, 1.807) is 30.3 Å². The van der Waals surface area contributed by atoms with Gasteiger partial charge in [-0.25, -0.2) is 8.42 Å². The third-order valence-corrected chi connectivity index (χ3v) is 5.85. The predicted octanol–water partition coefficient (Wildman–Crippen LogP) is 3.65. The lowest BCUT2D eigenvalue weighted by molar-refractivity contribution is -0.121. The highest BCUT2D eigenvalue weighted by Gasteiger charge is 2.29. The number of carbonyl (C=O) groups excluding carboxylic acids is 1. The Bertz CT molecular complexity index is 951. The van der Waals surface area contributed by atoms with Crippen LogP contribution in [0, 0.1) is 6.92 Å². The van der Waals surface area contributed by atoms with Crippen LogP contribution in [0.1, 0.15) is 12.5 Å². The van der Waals surface area contributed by atoms with Crippen LogP contribution < -0.4 is 14.4 Å². The summed E-state index contributed by atoms with van der Waals surface area (Å²) in [5.74, 6) is 0.144. The number of nitrogens with zero attached hydrogens (tertiary/aromatic N) is 1. The Morgan fingerprint density at radius 1 is 1.21 bits per heavy atom. The van der Waals surface area contributed by atoms with Crippen LogP contribution in [0.3, 0.4) is 0 Å². The largest absolute Gasteiger partial charge is 0.492 e. The van der Waals surface area contributed by atoms with E-state index in [9.17, 15) is 13.2 Å². The minimum absolute atomic E-state index is 0.210. The zero-order chi connectivity index (χ0) is 20.9. The molecule has 0 heterocycles. The Kier molecular flexibility index (Phi) is 7.57. The molecule has 0 saturated heterocycles. The molecule has 0 aliphatic heterocycles. The average molecular weight is 445 g/mol. The van der Waals surface area contributed by atoms with E-state index < -0.39 is 22.0 Å². The minimum Gasteiger partial charge on any atom is -0.492 e. The van der Waals surface area contributed by atoms with Crippen molar-refractivity contribution in [1.82, 2.24) is 5.32 Å². The summed E-state index contributed by atoms with van der Waals surface area (Å²) < 4.78 is 31.0. The number of amides is 1. The van der Waals surface area contributed by atoms with Crippen LogP contribution in [0.2, 0.25) is 10.0 Å². The van der Waals surface area contributed by atoms with Gasteiger partial charge in [0.05, 0.1) is 18.5 Å². The van der Waals surface area contributed by atoms with Crippen molar-refractivity contribution >= 4 is 44.8 Å². The third kappa shape index (κ3) is 6.02. The van der Waals surface area contributed by atoms with Crippen molar-refractivity contribution in [2.24, 2.45) is 0 Å². The number of benzene rings is 2. The number of ether oxygens (including phenoxy) is 1. The van der Waals surface area contributed by atoms with E-state index in [1.165, 1.54) is 13.0 Å². The summed E-state index contributed by atoms with van der Waals surface area (Å²) in [6.07, 6.45) is 1.04. The number of sulfonamides is 1. The van der Waals surface area contributed by atoms with E-state index in [0.29, 0.717) is 21.5 Å². The molecule has 6 nitrogen and oxygen atoms in total. The normalized spacial score (nSPS) is 12.3. The van der Waals surface area contributed by atoms with Crippen LogP contribution in [0.15, 0.2) is 42.5 Å². The fraction of sp³-hybridized carbons (Fsp3) is 0.316. The number of anilines is 1. The van der Waals surface area contributed by atoms with Crippen LogP contribution >= 0.6 is 23.2 Å². The quantitative estimate of drug-likeness (QED) is 0.630. The summed E-state index contributed by atoms with van der Waals surface area (Å²) in [5, 5.41) is 3.66. The SMILES string of the molecule is Cc1ccc(OCCNC(=O)[C@@H](C)N(c2cccc(Cl)c2)S(C)(=O)=O)cc1Cl. The number of carbonyl (C=O) groups is 1. The Labute approximate surface area is 175 Å². The molecule has 2 aromatic carbocycles. The molecule has 1 N–H and O–H groups in total. The number of hydrogen-bond donors (Lipinski definition) is 1. The first-order chi connectivity index (χ1) is 13.1. The fourth-order valence-corrected chi connectivity index (χ4v) is 4.10. The Hall–Kier alpha value is -1.96. The average Bonchev–Trinajstić information content (AvgIpc) is 2.60. The summed E-state index contributed by atoms with van der Waals surface area (Å²) in [7, 11) is -3.69. The molecule has 152 valence electrons. The lowest BCUT2D eigenvalue weighted by Gasteiger charge is -2.28. The van der Waals surface area contributed by atoms with Gasteiger partial charge in [0.15, 0.2) is 0 Å². The molecule has 2 aromatic rings. The fourth-order valence-electron chi connectivity index (χ4n) is 2.58. The summed E-state index contributed by atoms with van der Waals surface area (Å²) in [6.45, 7) is 3.83. The van der Waals surface area contributed by atoms with Gasteiger partial charge in [-0.15, -0.1) is 0 Å². The number of aryl methyl sites for hydroxylation is 1. The molecular formula is C19H22Cl2N2O4S. The van der Waals surface area contributed by atoms with Gasteiger partial charge in [-0.05, 0) is 49.7 Å². The molecular weight excluding hydrogens is 423 g/mol. The van der Waals surface area contributed by atoms with E-state index in [2.05, 4.69) is 5.32 Å². The van der Waals surface area contributed by atoms with Crippen molar-refractivity contribution in [2.45, 2.75) is 19.9 Å². The first-order valence-corrected chi connectivity index (χ1v) is 11.1. The highest BCUT2D eigenvalue weighted by atomic mass is 35.5. The number of nitrogens with one attached hydrogen (secondary N) is 1. The van der Waals surface area contributed by atoms with Crippen molar-refractivity contribution in [3.05, 3.63) is 58.1 Å². The maximum absolute atomic E-state index is 12.5. The first kappa shape index (κ1) is 22.3. The van der Waals surface area contributed by atoms with Gasteiger partial charge in [0, 0.05) is 10.0 Å². The minimum atomic E-state index is -3.69. The maximum Gasteiger partial charge on any atom is 0.243 e. The highest BCUT2D eigenvalue weighted by Crippen LogP contribution is 2.24. The highest BCUT2D eigenvalue weighted by molar-refractivity contribution is 7.92. The molecule has 0 aromatic heterocycles. The molecule has 9 heteroatoms. The summed E-state index contributed by atoms with van der Waals surface area (Å²) in [5.41, 5.74) is 1.27. The summed E-state index contributed by atoms with van der Waals surface area (Å²) in [4.78, 5) is 12.5. The Morgan fingerprint density at radius 3 is 2.54 bits per heavy atom. The molecule has 0 radical (unpaired) electrons. The Morgan fingerprint density at radius 2 is 1.93 bits per heavy atom. The van der Waals surface area contributed by atoms with Gasteiger partial charge in [-0.3, -0.25) is 9.10 Å². The second-order valence-electron chi connectivity index (χ2n) is 6.27. The zero-order valence-electron chi connectivity index (χ0n) is 15.8. The van der Waals surface area contributed by atoms with Gasteiger partial charge in [-0.1, -0.05) is 35.3 Å². The van der Waals surface area contributed by atoms with Gasteiger partial charge < -0.3 is 10.1 Å². The molecule has 0 aliphatic carbocycles. The molecule has 0 unspecified atom stereocenters. The van der Waals surface area contributed by atoms with Crippen molar-refractivity contribution in [3.8, 4) is 5.75 Å². The maximum atomic E-state index is 12.5. The van der Waals surface area contributed by atoms with Crippen molar-refractivity contribution in [2.75, 3.05) is 23.7 Å². The van der Waals surface area contributed by atoms with E-state index in [4.69, 9.17) is 27.9 Å². The zero-order valence-corrected chi connectivity index (χ0v) is 18.1. The molecule has 28 heavy (non-hydrogen) atoms. The van der Waals surface area contributed by atoms with E-state index in [1.807, 2.05) is 13.0 Å². The second-order valence-corrected chi connectivity index (χ2v) is 8.97. The molecule has 1 amide bonds. The molecule has 0 bridgehead atoms. The van der Waals surface area contributed by atoms with E-state index in [-0.39, 0.29) is 13.2 Å². The molecule has 0 spiro atoms. The lowest BCUT2D eigenvalue weighted by Crippen LogP contribution is -2.48. The third-order valence-electron chi connectivity index (χ3n) is 3.96. The second kappa shape index (κ2) is 9.49. The number of rotatable bonds is 8. The van der Waals surface area contributed by atoms with Crippen molar-refractivity contribution in [3.63, 3.8) is 0 Å².